The molecule has 142 valence electrons. The number of anilines is 1. The van der Waals surface area contributed by atoms with Crippen LogP contribution in [0.5, 0.6) is 0 Å². The Morgan fingerprint density at radius 2 is 2.00 bits per heavy atom. The van der Waals surface area contributed by atoms with Gasteiger partial charge in [-0.05, 0) is 30.7 Å². The van der Waals surface area contributed by atoms with Crippen LogP contribution in [0, 0.1) is 5.82 Å². The summed E-state index contributed by atoms with van der Waals surface area (Å²) in [6, 6.07) is 11.9. The summed E-state index contributed by atoms with van der Waals surface area (Å²) in [5.41, 5.74) is 3.38. The lowest BCUT2D eigenvalue weighted by atomic mass is 9.99. The molecule has 8 heteroatoms. The highest BCUT2D eigenvalue weighted by molar-refractivity contribution is 6.36. The van der Waals surface area contributed by atoms with Gasteiger partial charge in [-0.3, -0.25) is 9.79 Å². The molecule has 0 amide bonds. The van der Waals surface area contributed by atoms with Crippen molar-refractivity contribution in [2.45, 2.75) is 12.8 Å². The van der Waals surface area contributed by atoms with Crippen LogP contribution in [0.3, 0.4) is 0 Å². The first-order valence-electron chi connectivity index (χ1n) is 8.74. The summed E-state index contributed by atoms with van der Waals surface area (Å²) in [5.74, 6) is -0.704. The van der Waals surface area contributed by atoms with Crippen molar-refractivity contribution in [2.24, 2.45) is 15.2 Å². The topological polar surface area (TPSA) is 77.6 Å². The number of fused-ring (bicyclic) bond motifs is 3. The Hall–Kier alpha value is -3.06. The summed E-state index contributed by atoms with van der Waals surface area (Å²) in [5, 5.41) is 17.8. The van der Waals surface area contributed by atoms with Gasteiger partial charge in [-0.2, -0.15) is 5.10 Å². The van der Waals surface area contributed by atoms with E-state index in [1.54, 1.807) is 12.1 Å². The second kappa shape index (κ2) is 7.52. The highest BCUT2D eigenvalue weighted by atomic mass is 35.5. The lowest BCUT2D eigenvalue weighted by Gasteiger charge is -2.28. The number of nitrogens with zero attached hydrogens (tertiary/aromatic N) is 4. The average Bonchev–Trinajstić information content (AvgIpc) is 2.83. The SMILES string of the molecule is O=C(O)CCC1=NN=C2CN=C(c3ccccc3Cl)c3ccc(F)cc3N2C1. The smallest absolute Gasteiger partial charge is 0.303 e. The van der Waals surface area contributed by atoms with E-state index in [1.165, 1.54) is 12.1 Å². The fourth-order valence-electron chi connectivity index (χ4n) is 3.26. The van der Waals surface area contributed by atoms with Crippen LogP contribution in [-0.4, -0.2) is 41.4 Å². The van der Waals surface area contributed by atoms with Gasteiger partial charge in [0, 0.05) is 16.1 Å². The van der Waals surface area contributed by atoms with Gasteiger partial charge in [-0.1, -0.05) is 29.8 Å². The van der Waals surface area contributed by atoms with Crippen molar-refractivity contribution >= 4 is 40.5 Å². The van der Waals surface area contributed by atoms with E-state index in [9.17, 15) is 9.18 Å². The van der Waals surface area contributed by atoms with Crippen LogP contribution in [0.25, 0.3) is 0 Å². The second-order valence-electron chi connectivity index (χ2n) is 6.47. The zero-order valence-corrected chi connectivity index (χ0v) is 15.5. The normalized spacial score (nSPS) is 15.6. The van der Waals surface area contributed by atoms with Crippen LogP contribution in [-0.2, 0) is 4.79 Å². The minimum Gasteiger partial charge on any atom is -0.481 e. The molecule has 28 heavy (non-hydrogen) atoms. The number of aliphatic carboxylic acids is 1. The molecule has 0 saturated carbocycles. The van der Waals surface area contributed by atoms with Gasteiger partial charge >= 0.3 is 5.97 Å². The third kappa shape index (κ3) is 3.53. The lowest BCUT2D eigenvalue weighted by molar-refractivity contribution is -0.136. The molecule has 0 bridgehead atoms. The Bertz CT molecular complexity index is 1050. The maximum atomic E-state index is 14.1. The number of aliphatic imine (C=N–C) groups is 1. The van der Waals surface area contributed by atoms with E-state index < -0.39 is 5.97 Å². The molecule has 0 unspecified atom stereocenters. The molecular formula is C20H16ClFN4O2. The molecule has 2 aromatic carbocycles. The van der Waals surface area contributed by atoms with Crippen LogP contribution in [0.15, 0.2) is 57.7 Å². The van der Waals surface area contributed by atoms with Gasteiger partial charge in [0.25, 0.3) is 0 Å². The van der Waals surface area contributed by atoms with Crippen LogP contribution in [0.1, 0.15) is 24.0 Å². The van der Waals surface area contributed by atoms with Gasteiger partial charge in [-0.15, -0.1) is 5.10 Å². The third-order valence-corrected chi connectivity index (χ3v) is 4.93. The van der Waals surface area contributed by atoms with Crippen molar-refractivity contribution in [2.75, 3.05) is 18.0 Å². The van der Waals surface area contributed by atoms with Gasteiger partial charge in [0.15, 0.2) is 5.84 Å². The summed E-state index contributed by atoms with van der Waals surface area (Å²) in [7, 11) is 0. The Morgan fingerprint density at radius 1 is 1.18 bits per heavy atom. The zero-order valence-electron chi connectivity index (χ0n) is 14.8. The monoisotopic (exact) mass is 398 g/mol. The lowest BCUT2D eigenvalue weighted by Crippen LogP contribution is -2.39. The van der Waals surface area contributed by atoms with Crippen molar-refractivity contribution in [1.29, 1.82) is 0 Å². The highest BCUT2D eigenvalue weighted by Gasteiger charge is 2.28. The Labute approximate surface area is 165 Å². The van der Waals surface area contributed by atoms with Crippen molar-refractivity contribution in [3.8, 4) is 0 Å². The van der Waals surface area contributed by atoms with E-state index in [2.05, 4.69) is 15.2 Å². The van der Waals surface area contributed by atoms with Crippen molar-refractivity contribution in [1.82, 2.24) is 0 Å². The molecule has 0 saturated heterocycles. The minimum absolute atomic E-state index is 0.0328. The molecule has 0 aliphatic carbocycles. The second-order valence-corrected chi connectivity index (χ2v) is 6.88. The number of halogens is 2. The van der Waals surface area contributed by atoms with Crippen LogP contribution < -0.4 is 4.90 Å². The molecular weight excluding hydrogens is 383 g/mol. The zero-order chi connectivity index (χ0) is 19.7. The van der Waals surface area contributed by atoms with Crippen molar-refractivity contribution in [3.63, 3.8) is 0 Å². The van der Waals surface area contributed by atoms with E-state index in [4.69, 9.17) is 16.7 Å². The maximum Gasteiger partial charge on any atom is 0.303 e. The number of carboxylic acid groups (broad SMARTS) is 1. The molecule has 0 radical (unpaired) electrons. The first-order valence-corrected chi connectivity index (χ1v) is 9.11. The largest absolute Gasteiger partial charge is 0.481 e. The van der Waals surface area contributed by atoms with Crippen molar-refractivity contribution < 1.29 is 14.3 Å². The molecule has 6 nitrogen and oxygen atoms in total. The molecule has 2 aliphatic heterocycles. The standard InChI is InChI=1S/C20H16ClFN4O2/c21-16-4-2-1-3-14(16)20-15-7-5-12(22)9-17(15)26-11-13(6-8-19(27)28)24-25-18(26)10-23-20/h1-5,7,9H,6,8,10-11H2,(H,27,28). The van der Waals surface area contributed by atoms with E-state index in [-0.39, 0.29) is 25.2 Å². The Balaban J connectivity index is 1.78. The van der Waals surface area contributed by atoms with Gasteiger partial charge in [0.1, 0.15) is 5.82 Å². The summed E-state index contributed by atoms with van der Waals surface area (Å²) in [6.45, 7) is 0.598. The molecule has 0 spiro atoms. The molecule has 0 atom stereocenters. The minimum atomic E-state index is -0.899. The number of carboxylic acids is 1. The van der Waals surface area contributed by atoms with Gasteiger partial charge in [0.05, 0.1) is 36.6 Å². The number of hydrogen-bond donors (Lipinski definition) is 1. The molecule has 1 N–H and O–H groups in total. The first-order chi connectivity index (χ1) is 13.5. The molecule has 0 aromatic heterocycles. The van der Waals surface area contributed by atoms with E-state index >= 15 is 0 Å². The van der Waals surface area contributed by atoms with Crippen molar-refractivity contribution in [3.05, 3.63) is 64.4 Å². The van der Waals surface area contributed by atoms with Gasteiger partial charge < -0.3 is 10.0 Å². The van der Waals surface area contributed by atoms with Gasteiger partial charge in [-0.25, -0.2) is 4.39 Å². The van der Waals surface area contributed by atoms with E-state index in [0.29, 0.717) is 34.5 Å². The number of rotatable bonds is 4. The summed E-state index contributed by atoms with van der Waals surface area (Å²) in [4.78, 5) is 17.4. The summed E-state index contributed by atoms with van der Waals surface area (Å²) >= 11 is 6.38. The first kappa shape index (κ1) is 18.3. The number of amidine groups is 1. The Morgan fingerprint density at radius 3 is 2.79 bits per heavy atom. The van der Waals surface area contributed by atoms with Crippen LogP contribution in [0.2, 0.25) is 5.02 Å². The summed E-state index contributed by atoms with van der Waals surface area (Å²) in [6.07, 6.45) is 0.250. The average molecular weight is 399 g/mol. The molecule has 2 aromatic rings. The molecule has 4 rings (SSSR count). The fourth-order valence-corrected chi connectivity index (χ4v) is 3.48. The Kier molecular flexibility index (Phi) is 4.92. The predicted molar refractivity (Wildman–Crippen MR) is 107 cm³/mol. The maximum absolute atomic E-state index is 14.1. The quantitative estimate of drug-likeness (QED) is 0.851. The number of benzene rings is 2. The van der Waals surface area contributed by atoms with E-state index in [1.807, 2.05) is 23.1 Å². The molecule has 0 fully saturated rings. The predicted octanol–water partition coefficient (Wildman–Crippen LogP) is 3.77. The molecule has 2 heterocycles. The number of hydrogen-bond acceptors (Lipinski definition) is 5. The van der Waals surface area contributed by atoms with Crippen LogP contribution in [0.4, 0.5) is 10.1 Å². The van der Waals surface area contributed by atoms with Crippen LogP contribution >= 0.6 is 11.6 Å². The number of carbonyl (C=O) groups is 1. The fraction of sp³-hybridized carbons (Fsp3) is 0.200. The molecule has 2 aliphatic rings. The van der Waals surface area contributed by atoms with Gasteiger partial charge in [0.2, 0.25) is 0 Å². The van der Waals surface area contributed by atoms with E-state index in [0.717, 1.165) is 11.1 Å². The highest BCUT2D eigenvalue weighted by Crippen LogP contribution is 2.31. The summed E-state index contributed by atoms with van der Waals surface area (Å²) < 4.78 is 14.1. The third-order valence-electron chi connectivity index (χ3n) is 4.60.